The van der Waals surface area contributed by atoms with Gasteiger partial charge in [0, 0.05) is 30.7 Å². The van der Waals surface area contributed by atoms with Gasteiger partial charge < -0.3 is 9.64 Å². The van der Waals surface area contributed by atoms with Crippen LogP contribution >= 0.6 is 0 Å². The van der Waals surface area contributed by atoms with Crippen molar-refractivity contribution in [2.24, 2.45) is 5.92 Å². The van der Waals surface area contributed by atoms with Crippen molar-refractivity contribution in [3.05, 3.63) is 71.2 Å². The zero-order valence-corrected chi connectivity index (χ0v) is 18.7. The molecule has 1 saturated heterocycles. The molecule has 3 atom stereocenters. The molecule has 0 spiro atoms. The molecular formula is C25H23F3N4O2. The highest BCUT2D eigenvalue weighted by atomic mass is 19.4. The maximum absolute atomic E-state index is 13.7. The quantitative estimate of drug-likeness (QED) is 0.547. The van der Waals surface area contributed by atoms with Crippen LogP contribution in [0, 0.1) is 19.8 Å². The molecule has 1 aliphatic heterocycles. The molecule has 1 saturated carbocycles. The fourth-order valence-corrected chi connectivity index (χ4v) is 4.90. The van der Waals surface area contributed by atoms with Gasteiger partial charge in [-0.05, 0) is 62.4 Å². The highest BCUT2D eigenvalue weighted by Crippen LogP contribution is 2.41. The second-order valence-electron chi connectivity index (χ2n) is 8.92. The smallest absolute Gasteiger partial charge is 0.417 e. The van der Waals surface area contributed by atoms with E-state index in [2.05, 4.69) is 15.0 Å². The highest BCUT2D eigenvalue weighted by molar-refractivity contribution is 6.00. The van der Waals surface area contributed by atoms with Gasteiger partial charge in [-0.25, -0.2) is 4.98 Å². The van der Waals surface area contributed by atoms with Crippen molar-refractivity contribution in [1.29, 1.82) is 0 Å². The minimum absolute atomic E-state index is 0.125. The van der Waals surface area contributed by atoms with Gasteiger partial charge in [0.1, 0.15) is 11.8 Å². The van der Waals surface area contributed by atoms with Gasteiger partial charge in [0.05, 0.1) is 22.9 Å². The number of pyridine rings is 3. The van der Waals surface area contributed by atoms with E-state index in [0.29, 0.717) is 23.5 Å². The summed E-state index contributed by atoms with van der Waals surface area (Å²) >= 11 is 0. The van der Waals surface area contributed by atoms with E-state index in [1.165, 1.54) is 6.07 Å². The molecule has 0 radical (unpaired) electrons. The highest BCUT2D eigenvalue weighted by Gasteiger charge is 2.49. The molecule has 1 aliphatic carbocycles. The minimum Gasteiger partial charge on any atom is -0.472 e. The number of aryl methyl sites for hydroxylation is 2. The summed E-state index contributed by atoms with van der Waals surface area (Å²) in [6.07, 6.45) is -0.814. The van der Waals surface area contributed by atoms with Crippen LogP contribution < -0.4 is 4.74 Å². The van der Waals surface area contributed by atoms with E-state index in [-0.39, 0.29) is 29.9 Å². The van der Waals surface area contributed by atoms with E-state index in [1.54, 1.807) is 17.2 Å². The lowest BCUT2D eigenvalue weighted by molar-refractivity contribution is -0.137. The van der Waals surface area contributed by atoms with E-state index in [9.17, 15) is 18.0 Å². The molecule has 0 aromatic carbocycles. The van der Waals surface area contributed by atoms with Crippen molar-refractivity contribution in [1.82, 2.24) is 19.9 Å². The predicted molar refractivity (Wildman–Crippen MR) is 118 cm³/mol. The third-order valence-electron chi connectivity index (χ3n) is 6.52. The largest absolute Gasteiger partial charge is 0.472 e. The lowest BCUT2D eigenvalue weighted by atomic mass is 10.0. The maximum atomic E-state index is 13.7. The summed E-state index contributed by atoms with van der Waals surface area (Å²) in [4.78, 5) is 28.4. The van der Waals surface area contributed by atoms with Crippen LogP contribution in [0.3, 0.4) is 0 Å². The van der Waals surface area contributed by atoms with Gasteiger partial charge in [-0.1, -0.05) is 6.07 Å². The molecule has 6 nitrogen and oxygen atoms in total. The third-order valence-corrected chi connectivity index (χ3v) is 6.52. The number of fused-ring (bicyclic) bond motifs is 2. The van der Waals surface area contributed by atoms with E-state index in [0.717, 1.165) is 36.4 Å². The first-order valence-corrected chi connectivity index (χ1v) is 11.1. The van der Waals surface area contributed by atoms with E-state index < -0.39 is 11.7 Å². The van der Waals surface area contributed by atoms with Crippen LogP contribution in [0.4, 0.5) is 13.2 Å². The first-order chi connectivity index (χ1) is 16.2. The van der Waals surface area contributed by atoms with Gasteiger partial charge in [0.15, 0.2) is 0 Å². The number of aromatic nitrogens is 3. The summed E-state index contributed by atoms with van der Waals surface area (Å²) in [5.41, 5.74) is 2.58. The maximum Gasteiger partial charge on any atom is 0.417 e. The second-order valence-corrected chi connectivity index (χ2v) is 8.92. The average molecular weight is 468 g/mol. The second kappa shape index (κ2) is 8.38. The lowest BCUT2D eigenvalue weighted by Gasteiger charge is -2.33. The van der Waals surface area contributed by atoms with Crippen LogP contribution in [-0.4, -0.2) is 44.4 Å². The number of ether oxygens (including phenoxy) is 1. The molecule has 0 N–H and O–H groups in total. The number of piperidine rings is 1. The molecule has 3 unspecified atom stereocenters. The Labute approximate surface area is 194 Å². The standard InChI is InChI=1S/C25H23F3N4O2/c1-14-4-3-9-29-22(14)23-18(7-5-15(2)31-23)24(33)32-13-16-10-19(32)20(11-16)34-21-8-6-17(12-30-21)25(26,27)28/h3-9,12,16,19-20H,10-11,13H2,1-2H3. The van der Waals surface area contributed by atoms with Crippen molar-refractivity contribution in [2.75, 3.05) is 6.54 Å². The Balaban J connectivity index is 1.39. The number of halogens is 3. The number of nitrogens with zero attached hydrogens (tertiary/aromatic N) is 4. The first kappa shape index (κ1) is 22.3. The Hall–Kier alpha value is -3.49. The summed E-state index contributed by atoms with van der Waals surface area (Å²) in [6, 6.07) is 9.37. The lowest BCUT2D eigenvalue weighted by Crippen LogP contribution is -2.47. The van der Waals surface area contributed by atoms with Crippen molar-refractivity contribution < 1.29 is 22.7 Å². The number of hydrogen-bond acceptors (Lipinski definition) is 5. The normalized spacial score (nSPS) is 21.7. The summed E-state index contributed by atoms with van der Waals surface area (Å²) < 4.78 is 44.4. The van der Waals surface area contributed by atoms with Gasteiger partial charge in [-0.15, -0.1) is 0 Å². The molecule has 9 heteroatoms. The summed E-state index contributed by atoms with van der Waals surface area (Å²) in [5, 5.41) is 0. The third kappa shape index (κ3) is 4.10. The molecule has 3 aromatic heterocycles. The van der Waals surface area contributed by atoms with Crippen LogP contribution in [0.25, 0.3) is 11.4 Å². The summed E-state index contributed by atoms with van der Waals surface area (Å²) in [5.74, 6) is 0.250. The van der Waals surface area contributed by atoms with Crippen LogP contribution in [-0.2, 0) is 6.18 Å². The number of alkyl halides is 3. The van der Waals surface area contributed by atoms with E-state index >= 15 is 0 Å². The van der Waals surface area contributed by atoms with E-state index in [1.807, 2.05) is 32.0 Å². The van der Waals surface area contributed by atoms with Crippen molar-refractivity contribution >= 4 is 5.91 Å². The molecule has 5 rings (SSSR count). The molecule has 176 valence electrons. The fraction of sp³-hybridized carbons (Fsp3) is 0.360. The number of carbonyl (C=O) groups excluding carboxylic acids is 1. The van der Waals surface area contributed by atoms with Crippen LogP contribution in [0.5, 0.6) is 5.88 Å². The van der Waals surface area contributed by atoms with Gasteiger partial charge in [0.2, 0.25) is 5.88 Å². The van der Waals surface area contributed by atoms with Crippen molar-refractivity contribution in [2.45, 2.75) is 45.0 Å². The Bertz CT molecular complexity index is 1230. The Kier molecular flexibility index (Phi) is 5.50. The Morgan fingerprint density at radius 2 is 1.88 bits per heavy atom. The van der Waals surface area contributed by atoms with Crippen molar-refractivity contribution in [3.63, 3.8) is 0 Å². The molecular weight excluding hydrogens is 445 g/mol. The molecule has 4 heterocycles. The zero-order chi connectivity index (χ0) is 24.0. The molecule has 2 aliphatic rings. The number of hydrogen-bond donors (Lipinski definition) is 0. The van der Waals surface area contributed by atoms with Gasteiger partial charge >= 0.3 is 6.18 Å². The Morgan fingerprint density at radius 3 is 2.56 bits per heavy atom. The molecule has 3 aromatic rings. The zero-order valence-electron chi connectivity index (χ0n) is 18.7. The number of rotatable bonds is 4. The monoisotopic (exact) mass is 468 g/mol. The van der Waals surface area contributed by atoms with Gasteiger partial charge in [0.25, 0.3) is 5.91 Å². The number of likely N-dealkylation sites (tertiary alicyclic amines) is 1. The van der Waals surface area contributed by atoms with E-state index in [4.69, 9.17) is 4.74 Å². The number of amides is 1. The first-order valence-electron chi connectivity index (χ1n) is 11.1. The summed E-state index contributed by atoms with van der Waals surface area (Å²) in [6.45, 7) is 4.41. The summed E-state index contributed by atoms with van der Waals surface area (Å²) in [7, 11) is 0. The van der Waals surface area contributed by atoms with Gasteiger partial charge in [-0.3, -0.25) is 14.8 Å². The van der Waals surface area contributed by atoms with Crippen LogP contribution in [0.1, 0.15) is 40.0 Å². The van der Waals surface area contributed by atoms with Gasteiger partial charge in [-0.2, -0.15) is 13.2 Å². The van der Waals surface area contributed by atoms with Crippen LogP contribution in [0.2, 0.25) is 0 Å². The minimum atomic E-state index is -4.45. The predicted octanol–water partition coefficient (Wildman–Crippen LogP) is 4.86. The molecule has 2 bridgehead atoms. The van der Waals surface area contributed by atoms with Crippen LogP contribution in [0.15, 0.2) is 48.8 Å². The number of carbonyl (C=O) groups is 1. The molecule has 34 heavy (non-hydrogen) atoms. The molecule has 1 amide bonds. The molecule has 2 fully saturated rings. The topological polar surface area (TPSA) is 68.2 Å². The SMILES string of the molecule is Cc1ccc(C(=O)N2CC3CC(Oc4ccc(C(F)(F)F)cn4)C2C3)c(-c2ncccc2C)n1. The Morgan fingerprint density at radius 1 is 1.06 bits per heavy atom. The fourth-order valence-electron chi connectivity index (χ4n) is 4.90. The average Bonchev–Trinajstić information content (AvgIpc) is 3.39. The van der Waals surface area contributed by atoms with Crippen molar-refractivity contribution in [3.8, 4) is 17.3 Å².